The number of nitrogens with zero attached hydrogens (tertiary/aromatic N) is 4. The molecule has 0 saturated carbocycles. The Morgan fingerprint density at radius 2 is 1.79 bits per heavy atom. The van der Waals surface area contributed by atoms with Gasteiger partial charge in [-0.2, -0.15) is 0 Å². The molecule has 0 aliphatic carbocycles. The molecule has 0 N–H and O–H groups in total. The summed E-state index contributed by atoms with van der Waals surface area (Å²) < 4.78 is -3.82. The molecule has 80 valence electrons. The third kappa shape index (κ3) is 2.36. The summed E-state index contributed by atoms with van der Waals surface area (Å²) in [6.45, 7) is 1.85. The summed E-state index contributed by atoms with van der Waals surface area (Å²) in [4.78, 5) is 0.863. The van der Waals surface area contributed by atoms with Crippen LogP contribution in [0.3, 0.4) is 0 Å². The second-order valence-electron chi connectivity index (χ2n) is 2.39. The van der Waals surface area contributed by atoms with Gasteiger partial charge >= 0.3 is 0 Å². The molecule has 4 nitrogen and oxygen atoms in total. The molecule has 1 aromatic heterocycles. The number of aromatic nitrogens is 4. The third-order valence-corrected chi connectivity index (χ3v) is 3.63. The lowest BCUT2D eigenvalue weighted by molar-refractivity contribution is 0.459. The van der Waals surface area contributed by atoms with Crippen LogP contribution in [-0.4, -0.2) is 24.0 Å². The monoisotopic (exact) mass is 296 g/mol. The van der Waals surface area contributed by atoms with Crippen LogP contribution in [-0.2, 0) is 10.9 Å². The molecular formula is C5H5Cl5N4. The van der Waals surface area contributed by atoms with Gasteiger partial charge in [0.25, 0.3) is 4.46 Å². The fraction of sp³-hybridized carbons (Fsp3) is 0.800. The molecule has 0 saturated heterocycles. The van der Waals surface area contributed by atoms with E-state index in [1.165, 1.54) is 0 Å². The minimum Gasteiger partial charge on any atom is -0.133 e. The van der Waals surface area contributed by atoms with E-state index in [4.69, 9.17) is 58.0 Å². The summed E-state index contributed by atoms with van der Waals surface area (Å²) >= 11 is 28.2. The first-order valence-corrected chi connectivity index (χ1v) is 5.42. The summed E-state index contributed by atoms with van der Waals surface area (Å²) in [5.74, 6) is 0.463. The Labute approximate surface area is 105 Å². The molecule has 1 rings (SSSR count). The van der Waals surface area contributed by atoms with E-state index >= 15 is 0 Å². The molecule has 1 aromatic rings. The fourth-order valence-electron chi connectivity index (χ4n) is 0.617. The quantitative estimate of drug-likeness (QED) is 0.789. The maximum absolute atomic E-state index is 5.78. The highest BCUT2D eigenvalue weighted by molar-refractivity contribution is 6.74. The van der Waals surface area contributed by atoms with Crippen molar-refractivity contribution in [2.45, 2.75) is 21.6 Å². The Morgan fingerprint density at radius 3 is 2.14 bits per heavy atom. The summed E-state index contributed by atoms with van der Waals surface area (Å²) in [7, 11) is 0. The van der Waals surface area contributed by atoms with E-state index in [0.29, 0.717) is 12.2 Å². The van der Waals surface area contributed by atoms with Crippen molar-refractivity contribution < 1.29 is 0 Å². The van der Waals surface area contributed by atoms with Crippen LogP contribution < -0.4 is 0 Å². The lowest BCUT2D eigenvalue weighted by Gasteiger charge is -2.24. The van der Waals surface area contributed by atoms with Gasteiger partial charge in [0.15, 0.2) is 5.82 Å². The van der Waals surface area contributed by atoms with Crippen LogP contribution in [0, 0.1) is 0 Å². The van der Waals surface area contributed by atoms with Gasteiger partial charge in [0.05, 0.1) is 0 Å². The maximum Gasteiger partial charge on any atom is 0.276 e. The van der Waals surface area contributed by atoms with Crippen LogP contribution in [0.1, 0.15) is 12.7 Å². The lowest BCUT2D eigenvalue weighted by atomic mass is 10.5. The van der Waals surface area contributed by atoms with E-state index < -0.39 is 8.25 Å². The summed E-state index contributed by atoms with van der Waals surface area (Å²) in [5.41, 5.74) is 0. The highest BCUT2D eigenvalue weighted by Gasteiger charge is 2.50. The van der Waals surface area contributed by atoms with Gasteiger partial charge < -0.3 is 0 Å². The number of alkyl halides is 5. The zero-order valence-corrected chi connectivity index (χ0v) is 10.7. The van der Waals surface area contributed by atoms with E-state index in [1.54, 1.807) is 0 Å². The highest BCUT2D eigenvalue weighted by atomic mass is 35.6. The van der Waals surface area contributed by atoms with Gasteiger partial charge in [0, 0.05) is 6.42 Å². The molecule has 14 heavy (non-hydrogen) atoms. The summed E-state index contributed by atoms with van der Waals surface area (Å²) in [6, 6.07) is 0. The molecule has 0 aliphatic heterocycles. The number of aryl methyl sites for hydroxylation is 1. The van der Waals surface area contributed by atoms with Crippen LogP contribution in [0.4, 0.5) is 0 Å². The number of halogens is 5. The molecule has 9 heteroatoms. The summed E-state index contributed by atoms with van der Waals surface area (Å²) in [6.07, 6.45) is 0.587. The van der Waals surface area contributed by atoms with Crippen LogP contribution >= 0.6 is 58.0 Å². The average Bonchev–Trinajstić information content (AvgIpc) is 2.49. The van der Waals surface area contributed by atoms with Crippen LogP contribution in [0.15, 0.2) is 0 Å². The molecule has 0 atom stereocenters. The van der Waals surface area contributed by atoms with Gasteiger partial charge in [0.2, 0.25) is 3.79 Å². The topological polar surface area (TPSA) is 43.6 Å². The van der Waals surface area contributed by atoms with Gasteiger partial charge in [-0.3, -0.25) is 0 Å². The zero-order valence-electron chi connectivity index (χ0n) is 6.89. The number of hydrogen-bond acceptors (Lipinski definition) is 3. The molecule has 0 bridgehead atoms. The van der Waals surface area contributed by atoms with Crippen molar-refractivity contribution >= 4 is 58.0 Å². The van der Waals surface area contributed by atoms with Crippen molar-refractivity contribution in [3.05, 3.63) is 5.82 Å². The average molecular weight is 298 g/mol. The molecule has 1 heterocycles. The van der Waals surface area contributed by atoms with Crippen LogP contribution in [0.5, 0.6) is 0 Å². The Morgan fingerprint density at radius 1 is 1.21 bits per heavy atom. The second kappa shape index (κ2) is 4.18. The Bertz CT molecular complexity index is 316. The lowest BCUT2D eigenvalue weighted by Crippen LogP contribution is -2.36. The predicted molar refractivity (Wildman–Crippen MR) is 57.2 cm³/mol. The fourth-order valence-corrected chi connectivity index (χ4v) is 0.987. The minimum absolute atomic E-state index is 0.463. The highest BCUT2D eigenvalue weighted by Crippen LogP contribution is 2.48. The van der Waals surface area contributed by atoms with E-state index in [0.717, 1.165) is 4.80 Å². The standard InChI is InChI=1S/C5H5Cl5N4/c1-2-3-11-13-14(12-3)5(9,10)4(6,7)8/h2H2,1H3. The van der Waals surface area contributed by atoms with Crippen molar-refractivity contribution in [2.24, 2.45) is 0 Å². The van der Waals surface area contributed by atoms with Gasteiger partial charge in [-0.1, -0.05) is 64.9 Å². The molecule has 0 aromatic carbocycles. The van der Waals surface area contributed by atoms with Crippen LogP contribution in [0.25, 0.3) is 0 Å². The molecule has 0 spiro atoms. The number of hydrogen-bond donors (Lipinski definition) is 0. The normalized spacial score (nSPS) is 13.3. The maximum atomic E-state index is 5.78. The Kier molecular flexibility index (Phi) is 3.76. The zero-order chi connectivity index (χ0) is 11.0. The largest absolute Gasteiger partial charge is 0.276 e. The van der Waals surface area contributed by atoms with Gasteiger partial charge in [-0.15, -0.1) is 15.0 Å². The number of tetrazole rings is 1. The van der Waals surface area contributed by atoms with Crippen molar-refractivity contribution in [3.63, 3.8) is 0 Å². The van der Waals surface area contributed by atoms with Crippen LogP contribution in [0.2, 0.25) is 0 Å². The molecule has 0 amide bonds. The molecule has 0 unspecified atom stereocenters. The predicted octanol–water partition coefficient (Wildman–Crippen LogP) is 2.69. The van der Waals surface area contributed by atoms with E-state index in [1.807, 2.05) is 6.92 Å². The molecule has 0 fully saturated rings. The SMILES string of the molecule is CCc1nnn(C(Cl)(Cl)C(Cl)(Cl)Cl)n1. The van der Waals surface area contributed by atoms with E-state index in [2.05, 4.69) is 15.4 Å². The van der Waals surface area contributed by atoms with Crippen molar-refractivity contribution in [1.82, 2.24) is 20.2 Å². The Balaban J connectivity index is 3.04. The first-order valence-electron chi connectivity index (χ1n) is 3.53. The van der Waals surface area contributed by atoms with Gasteiger partial charge in [-0.05, 0) is 5.21 Å². The Hall–Kier alpha value is 0.520. The van der Waals surface area contributed by atoms with Gasteiger partial charge in [-0.25, -0.2) is 0 Å². The van der Waals surface area contributed by atoms with Gasteiger partial charge in [0.1, 0.15) is 0 Å². The van der Waals surface area contributed by atoms with Crippen molar-refractivity contribution in [3.8, 4) is 0 Å². The molecule has 0 aliphatic rings. The molecular weight excluding hydrogens is 293 g/mol. The van der Waals surface area contributed by atoms with E-state index in [-0.39, 0.29) is 0 Å². The number of rotatable bonds is 2. The summed E-state index contributed by atoms with van der Waals surface area (Å²) in [5, 5.41) is 11.1. The first kappa shape index (κ1) is 12.6. The molecule has 0 radical (unpaired) electrons. The van der Waals surface area contributed by atoms with Crippen molar-refractivity contribution in [1.29, 1.82) is 0 Å². The third-order valence-electron chi connectivity index (χ3n) is 1.36. The second-order valence-corrected chi connectivity index (χ2v) is 5.96. The minimum atomic E-state index is -1.94. The van der Waals surface area contributed by atoms with E-state index in [9.17, 15) is 0 Å². The smallest absolute Gasteiger partial charge is 0.133 e. The van der Waals surface area contributed by atoms with Crippen molar-refractivity contribution in [2.75, 3.05) is 0 Å². The first-order chi connectivity index (χ1) is 6.29.